The van der Waals surface area contributed by atoms with E-state index >= 15 is 0 Å². The molecule has 0 bridgehead atoms. The molecule has 2 aliphatic rings. The van der Waals surface area contributed by atoms with Gasteiger partial charge in [-0.1, -0.05) is 18.2 Å². The zero-order valence-corrected chi connectivity index (χ0v) is 18.1. The Morgan fingerprint density at radius 1 is 1.16 bits per heavy atom. The van der Waals surface area contributed by atoms with Crippen LogP contribution in [0.4, 0.5) is 0 Å². The van der Waals surface area contributed by atoms with Crippen LogP contribution in [0.25, 0.3) is 0 Å². The number of carbonyl (C=O) groups is 1. The number of methoxy groups -OCH3 is 1. The maximum absolute atomic E-state index is 13.9. The lowest BCUT2D eigenvalue weighted by Gasteiger charge is -2.42. The molecule has 2 saturated heterocycles. The summed E-state index contributed by atoms with van der Waals surface area (Å²) in [4.78, 5) is 22.4. The van der Waals surface area contributed by atoms with Gasteiger partial charge in [-0.15, -0.1) is 0 Å². The first-order chi connectivity index (χ1) is 15.7. The molecule has 166 valence electrons. The van der Waals surface area contributed by atoms with Gasteiger partial charge in [-0.25, -0.2) is 0 Å². The summed E-state index contributed by atoms with van der Waals surface area (Å²) in [5.41, 5.74) is 1.16. The molecular formula is C25H27N3O4. The molecule has 0 radical (unpaired) electrons. The standard InChI is InChI=1S/C25H27N3O4/c1-30-21-8-6-19(7-9-21)15-28-11-13-32-25(24(28)29)18-27(16-22-5-3-12-31-22)17-23(25)20-4-2-10-26-14-20/h2-10,12,14,23H,11,13,15-18H2,1H3/t23-,25+/m1/s1. The van der Waals surface area contributed by atoms with Crippen molar-refractivity contribution >= 4 is 5.91 Å². The van der Waals surface area contributed by atoms with Gasteiger partial charge in [0.05, 0.1) is 26.5 Å². The van der Waals surface area contributed by atoms with Crippen molar-refractivity contribution in [2.24, 2.45) is 0 Å². The number of aromatic nitrogens is 1. The molecule has 7 heteroatoms. The Hall–Kier alpha value is -3.16. The lowest BCUT2D eigenvalue weighted by atomic mass is 9.83. The Balaban J connectivity index is 1.42. The number of hydrogen-bond acceptors (Lipinski definition) is 6. The smallest absolute Gasteiger partial charge is 0.257 e. The van der Waals surface area contributed by atoms with Crippen LogP contribution in [0.1, 0.15) is 22.8 Å². The second-order valence-electron chi connectivity index (χ2n) is 8.40. The molecule has 0 N–H and O–H groups in total. The summed E-state index contributed by atoms with van der Waals surface area (Å²) in [7, 11) is 1.65. The highest BCUT2D eigenvalue weighted by atomic mass is 16.5. The SMILES string of the molecule is COc1ccc(CN2CCO[C@]3(CN(Cc4ccco4)C[C@@H]3c3cccnc3)C2=O)cc1. The second kappa shape index (κ2) is 8.76. The van der Waals surface area contributed by atoms with E-state index in [4.69, 9.17) is 13.9 Å². The number of ether oxygens (including phenoxy) is 2. The first kappa shape index (κ1) is 20.7. The lowest BCUT2D eigenvalue weighted by molar-refractivity contribution is -0.173. The van der Waals surface area contributed by atoms with Crippen LogP contribution in [0, 0.1) is 0 Å². The van der Waals surface area contributed by atoms with E-state index < -0.39 is 5.60 Å². The van der Waals surface area contributed by atoms with Gasteiger partial charge in [0.15, 0.2) is 5.60 Å². The van der Waals surface area contributed by atoms with Crippen LogP contribution in [0.3, 0.4) is 0 Å². The van der Waals surface area contributed by atoms with Gasteiger partial charge in [-0.05, 0) is 41.5 Å². The van der Waals surface area contributed by atoms with E-state index in [0.717, 1.165) is 22.6 Å². The van der Waals surface area contributed by atoms with E-state index in [1.54, 1.807) is 19.6 Å². The van der Waals surface area contributed by atoms with E-state index in [0.29, 0.717) is 39.3 Å². The second-order valence-corrected chi connectivity index (χ2v) is 8.40. The topological polar surface area (TPSA) is 68.0 Å². The number of carbonyl (C=O) groups excluding carboxylic acids is 1. The third-order valence-corrected chi connectivity index (χ3v) is 6.41. The number of likely N-dealkylation sites (tertiary alicyclic amines) is 1. The monoisotopic (exact) mass is 433 g/mol. The molecule has 0 unspecified atom stereocenters. The average molecular weight is 434 g/mol. The van der Waals surface area contributed by atoms with E-state index in [2.05, 4.69) is 9.88 Å². The van der Waals surface area contributed by atoms with Crippen molar-refractivity contribution in [2.75, 3.05) is 33.4 Å². The van der Waals surface area contributed by atoms with Crippen LogP contribution >= 0.6 is 0 Å². The van der Waals surface area contributed by atoms with Crippen molar-refractivity contribution in [1.29, 1.82) is 0 Å². The highest BCUT2D eigenvalue weighted by molar-refractivity contribution is 5.88. The zero-order chi connectivity index (χ0) is 22.0. The van der Waals surface area contributed by atoms with E-state index in [9.17, 15) is 4.79 Å². The third kappa shape index (κ3) is 3.89. The highest BCUT2D eigenvalue weighted by Crippen LogP contribution is 2.42. The van der Waals surface area contributed by atoms with Crippen LogP contribution < -0.4 is 4.74 Å². The molecule has 2 aliphatic heterocycles. The van der Waals surface area contributed by atoms with Crippen molar-refractivity contribution < 1.29 is 18.7 Å². The molecule has 1 spiro atoms. The summed E-state index contributed by atoms with van der Waals surface area (Å²) in [5.74, 6) is 1.62. The Labute approximate surface area is 187 Å². The van der Waals surface area contributed by atoms with Gasteiger partial charge < -0.3 is 18.8 Å². The number of nitrogens with zero attached hydrogens (tertiary/aromatic N) is 3. The van der Waals surface area contributed by atoms with Crippen molar-refractivity contribution in [2.45, 2.75) is 24.6 Å². The molecule has 4 heterocycles. The molecule has 0 aliphatic carbocycles. The zero-order valence-electron chi connectivity index (χ0n) is 18.1. The first-order valence-corrected chi connectivity index (χ1v) is 10.9. The molecule has 1 amide bonds. The summed E-state index contributed by atoms with van der Waals surface area (Å²) in [6, 6.07) is 15.7. The normalized spacial score (nSPS) is 23.7. The first-order valence-electron chi connectivity index (χ1n) is 10.9. The van der Waals surface area contributed by atoms with Crippen molar-refractivity contribution in [1.82, 2.24) is 14.8 Å². The summed E-state index contributed by atoms with van der Waals surface area (Å²) in [6.45, 7) is 3.49. The molecule has 7 nitrogen and oxygen atoms in total. The number of amides is 1. The van der Waals surface area contributed by atoms with Crippen LogP contribution in [-0.2, 0) is 22.6 Å². The molecule has 1 aromatic carbocycles. The molecule has 2 atom stereocenters. The molecule has 3 aromatic rings. The summed E-state index contributed by atoms with van der Waals surface area (Å²) in [6.07, 6.45) is 5.28. The molecule has 0 saturated carbocycles. The number of hydrogen-bond donors (Lipinski definition) is 0. The predicted molar refractivity (Wildman–Crippen MR) is 118 cm³/mol. The number of benzene rings is 1. The van der Waals surface area contributed by atoms with Crippen molar-refractivity contribution in [3.8, 4) is 5.75 Å². The molecule has 2 fully saturated rings. The summed E-state index contributed by atoms with van der Waals surface area (Å²) in [5, 5.41) is 0. The van der Waals surface area contributed by atoms with Crippen LogP contribution in [0.15, 0.2) is 71.6 Å². The Bertz CT molecular complexity index is 1040. The van der Waals surface area contributed by atoms with E-state index in [1.807, 2.05) is 59.6 Å². The maximum atomic E-state index is 13.9. The predicted octanol–water partition coefficient (Wildman–Crippen LogP) is 3.08. The largest absolute Gasteiger partial charge is 0.497 e. The lowest BCUT2D eigenvalue weighted by Crippen LogP contribution is -2.59. The highest BCUT2D eigenvalue weighted by Gasteiger charge is 2.57. The fourth-order valence-corrected chi connectivity index (χ4v) is 4.85. The van der Waals surface area contributed by atoms with Crippen molar-refractivity contribution in [3.63, 3.8) is 0 Å². The number of rotatable bonds is 6. The summed E-state index contributed by atoms with van der Waals surface area (Å²) >= 11 is 0. The molecule has 5 rings (SSSR count). The van der Waals surface area contributed by atoms with Gasteiger partial charge >= 0.3 is 0 Å². The number of furan rings is 1. The van der Waals surface area contributed by atoms with Gasteiger partial charge in [0.1, 0.15) is 11.5 Å². The number of morpholine rings is 1. The Morgan fingerprint density at radius 3 is 2.75 bits per heavy atom. The average Bonchev–Trinajstić information content (AvgIpc) is 3.47. The van der Waals surface area contributed by atoms with Crippen LogP contribution in [-0.4, -0.2) is 59.6 Å². The van der Waals surface area contributed by atoms with Crippen molar-refractivity contribution in [3.05, 3.63) is 84.1 Å². The van der Waals surface area contributed by atoms with Gasteiger partial charge in [-0.2, -0.15) is 0 Å². The molecule has 32 heavy (non-hydrogen) atoms. The fourth-order valence-electron chi connectivity index (χ4n) is 4.85. The number of pyridine rings is 1. The third-order valence-electron chi connectivity index (χ3n) is 6.41. The minimum atomic E-state index is -0.930. The van der Waals surface area contributed by atoms with Gasteiger partial charge in [0, 0.05) is 44.5 Å². The minimum Gasteiger partial charge on any atom is -0.497 e. The van der Waals surface area contributed by atoms with Gasteiger partial charge in [-0.3, -0.25) is 14.7 Å². The maximum Gasteiger partial charge on any atom is 0.257 e. The molecular weight excluding hydrogens is 406 g/mol. The van der Waals surface area contributed by atoms with E-state index in [-0.39, 0.29) is 11.8 Å². The van der Waals surface area contributed by atoms with Crippen LogP contribution in [0.5, 0.6) is 5.75 Å². The van der Waals surface area contributed by atoms with Crippen LogP contribution in [0.2, 0.25) is 0 Å². The quantitative estimate of drug-likeness (QED) is 0.595. The minimum absolute atomic E-state index is 0.0374. The Morgan fingerprint density at radius 2 is 2.03 bits per heavy atom. The Kier molecular flexibility index (Phi) is 5.68. The fraction of sp³-hybridized carbons (Fsp3) is 0.360. The summed E-state index contributed by atoms with van der Waals surface area (Å²) < 4.78 is 17.2. The van der Waals surface area contributed by atoms with Gasteiger partial charge in [0.25, 0.3) is 5.91 Å². The molecule has 2 aromatic heterocycles. The van der Waals surface area contributed by atoms with Gasteiger partial charge in [0.2, 0.25) is 0 Å². The van der Waals surface area contributed by atoms with E-state index in [1.165, 1.54) is 0 Å².